The highest BCUT2D eigenvalue weighted by Crippen LogP contribution is 2.18. The maximum Gasteiger partial charge on any atom is 0.124 e. The molecule has 2 aromatic rings. The SMILES string of the molecule is C/C(=N/N=C(\C)c1ccccc1O)c1ccccc1O. The fourth-order valence-corrected chi connectivity index (χ4v) is 1.82. The van der Waals surface area contributed by atoms with E-state index in [9.17, 15) is 10.2 Å². The molecule has 4 nitrogen and oxygen atoms in total. The van der Waals surface area contributed by atoms with Gasteiger partial charge in [0.15, 0.2) is 0 Å². The van der Waals surface area contributed by atoms with Gasteiger partial charge in [-0.05, 0) is 38.1 Å². The lowest BCUT2D eigenvalue weighted by Crippen LogP contribution is -1.97. The van der Waals surface area contributed by atoms with Crippen molar-refractivity contribution < 1.29 is 10.2 Å². The fraction of sp³-hybridized carbons (Fsp3) is 0.125. The molecule has 102 valence electrons. The normalized spacial score (nSPS) is 12.5. The maximum absolute atomic E-state index is 9.74. The van der Waals surface area contributed by atoms with Crippen molar-refractivity contribution in [1.82, 2.24) is 0 Å². The number of phenolic OH excluding ortho intramolecular Hbond substituents is 2. The van der Waals surface area contributed by atoms with Gasteiger partial charge in [0, 0.05) is 11.1 Å². The number of hydrogen-bond donors (Lipinski definition) is 2. The van der Waals surface area contributed by atoms with Gasteiger partial charge in [0.2, 0.25) is 0 Å². The third-order valence-corrected chi connectivity index (χ3v) is 2.94. The number of phenols is 2. The van der Waals surface area contributed by atoms with Crippen LogP contribution in [-0.2, 0) is 0 Å². The third-order valence-electron chi connectivity index (χ3n) is 2.94. The minimum atomic E-state index is 0.171. The smallest absolute Gasteiger partial charge is 0.124 e. The van der Waals surface area contributed by atoms with E-state index in [0.29, 0.717) is 22.6 Å². The van der Waals surface area contributed by atoms with Crippen LogP contribution in [0.4, 0.5) is 0 Å². The van der Waals surface area contributed by atoms with Crippen LogP contribution in [0, 0.1) is 0 Å². The van der Waals surface area contributed by atoms with Crippen LogP contribution < -0.4 is 0 Å². The van der Waals surface area contributed by atoms with Gasteiger partial charge in [0.1, 0.15) is 11.5 Å². The molecule has 0 spiro atoms. The number of rotatable bonds is 3. The Morgan fingerprint density at radius 3 is 1.40 bits per heavy atom. The molecule has 0 aliphatic heterocycles. The zero-order valence-corrected chi connectivity index (χ0v) is 11.4. The molecule has 0 amide bonds. The van der Waals surface area contributed by atoms with Crippen molar-refractivity contribution in [3.63, 3.8) is 0 Å². The number of para-hydroxylation sites is 2. The van der Waals surface area contributed by atoms with Crippen molar-refractivity contribution in [2.45, 2.75) is 13.8 Å². The van der Waals surface area contributed by atoms with Crippen LogP contribution >= 0.6 is 0 Å². The standard InChI is InChI=1S/C16H16N2O2/c1-11(13-7-3-5-9-15(13)19)17-18-12(2)14-8-4-6-10-16(14)20/h3-10,19-20H,1-2H3/b17-11-,18-12+. The van der Waals surface area contributed by atoms with E-state index in [1.54, 1.807) is 50.2 Å². The summed E-state index contributed by atoms with van der Waals surface area (Å²) in [4.78, 5) is 0. The van der Waals surface area contributed by atoms with E-state index < -0.39 is 0 Å². The summed E-state index contributed by atoms with van der Waals surface area (Å²) in [6, 6.07) is 13.9. The summed E-state index contributed by atoms with van der Waals surface area (Å²) >= 11 is 0. The van der Waals surface area contributed by atoms with E-state index >= 15 is 0 Å². The monoisotopic (exact) mass is 268 g/mol. The molecule has 2 rings (SSSR count). The average molecular weight is 268 g/mol. The van der Waals surface area contributed by atoms with Crippen molar-refractivity contribution in [3.05, 3.63) is 59.7 Å². The molecule has 2 N–H and O–H groups in total. The van der Waals surface area contributed by atoms with Gasteiger partial charge in [-0.15, -0.1) is 0 Å². The van der Waals surface area contributed by atoms with Crippen LogP contribution in [0.1, 0.15) is 25.0 Å². The van der Waals surface area contributed by atoms with Gasteiger partial charge in [-0.25, -0.2) is 0 Å². The highest BCUT2D eigenvalue weighted by molar-refractivity contribution is 6.03. The molecule has 0 fully saturated rings. The van der Waals surface area contributed by atoms with Gasteiger partial charge >= 0.3 is 0 Å². The summed E-state index contributed by atoms with van der Waals surface area (Å²) in [5.41, 5.74) is 2.50. The van der Waals surface area contributed by atoms with E-state index in [1.165, 1.54) is 0 Å². The second-order valence-corrected chi connectivity index (χ2v) is 4.41. The largest absolute Gasteiger partial charge is 0.507 e. The van der Waals surface area contributed by atoms with Crippen molar-refractivity contribution in [2.24, 2.45) is 10.2 Å². The number of benzene rings is 2. The molecule has 0 aliphatic rings. The first-order valence-corrected chi connectivity index (χ1v) is 6.25. The molecule has 0 radical (unpaired) electrons. The van der Waals surface area contributed by atoms with E-state index in [-0.39, 0.29) is 11.5 Å². The summed E-state index contributed by atoms with van der Waals surface area (Å²) in [7, 11) is 0. The van der Waals surface area contributed by atoms with Crippen molar-refractivity contribution in [2.75, 3.05) is 0 Å². The highest BCUT2D eigenvalue weighted by Gasteiger charge is 2.05. The van der Waals surface area contributed by atoms with Crippen LogP contribution in [-0.4, -0.2) is 21.6 Å². The molecule has 0 saturated heterocycles. The number of aromatic hydroxyl groups is 2. The summed E-state index contributed by atoms with van der Waals surface area (Å²) < 4.78 is 0. The van der Waals surface area contributed by atoms with Gasteiger partial charge in [0.05, 0.1) is 11.4 Å². The second kappa shape index (κ2) is 6.02. The van der Waals surface area contributed by atoms with Crippen LogP contribution in [0.25, 0.3) is 0 Å². The minimum Gasteiger partial charge on any atom is -0.507 e. The summed E-state index contributed by atoms with van der Waals surface area (Å²) in [5.74, 6) is 0.341. The Morgan fingerprint density at radius 2 is 1.05 bits per heavy atom. The van der Waals surface area contributed by atoms with Gasteiger partial charge < -0.3 is 10.2 Å². The molecule has 0 bridgehead atoms. The first kappa shape index (κ1) is 13.8. The Bertz CT molecular complexity index is 616. The lowest BCUT2D eigenvalue weighted by molar-refractivity contribution is 0.473. The minimum absolute atomic E-state index is 0.171. The molecule has 0 saturated carbocycles. The van der Waals surface area contributed by atoms with Crippen molar-refractivity contribution in [3.8, 4) is 11.5 Å². The third kappa shape index (κ3) is 3.03. The molecule has 0 heterocycles. The Morgan fingerprint density at radius 1 is 0.700 bits per heavy atom. The molecule has 0 atom stereocenters. The molecule has 0 aliphatic carbocycles. The number of nitrogens with zero attached hydrogens (tertiary/aromatic N) is 2. The van der Waals surface area contributed by atoms with Crippen LogP contribution in [0.2, 0.25) is 0 Å². The lowest BCUT2D eigenvalue weighted by atomic mass is 10.1. The predicted molar refractivity (Wildman–Crippen MR) is 80.6 cm³/mol. The predicted octanol–water partition coefficient (Wildman–Crippen LogP) is 3.33. The van der Waals surface area contributed by atoms with Crippen LogP contribution in [0.3, 0.4) is 0 Å². The topological polar surface area (TPSA) is 65.2 Å². The summed E-state index contributed by atoms with van der Waals surface area (Å²) in [6.45, 7) is 3.55. The van der Waals surface area contributed by atoms with E-state index in [1.807, 2.05) is 12.1 Å². The van der Waals surface area contributed by atoms with Crippen molar-refractivity contribution >= 4 is 11.4 Å². The quantitative estimate of drug-likeness (QED) is 0.662. The highest BCUT2D eigenvalue weighted by atomic mass is 16.3. The summed E-state index contributed by atoms with van der Waals surface area (Å²) in [6.07, 6.45) is 0. The fourth-order valence-electron chi connectivity index (χ4n) is 1.82. The summed E-state index contributed by atoms with van der Waals surface area (Å²) in [5, 5.41) is 27.7. The van der Waals surface area contributed by atoms with Gasteiger partial charge in [-0.1, -0.05) is 24.3 Å². The van der Waals surface area contributed by atoms with Gasteiger partial charge in [-0.2, -0.15) is 10.2 Å². The Hall–Kier alpha value is -2.62. The zero-order valence-electron chi connectivity index (χ0n) is 11.4. The van der Waals surface area contributed by atoms with Crippen LogP contribution in [0.15, 0.2) is 58.7 Å². The van der Waals surface area contributed by atoms with E-state index in [0.717, 1.165) is 0 Å². The van der Waals surface area contributed by atoms with Crippen molar-refractivity contribution in [1.29, 1.82) is 0 Å². The Labute approximate surface area is 117 Å². The first-order chi connectivity index (χ1) is 9.59. The van der Waals surface area contributed by atoms with Crippen LogP contribution in [0.5, 0.6) is 11.5 Å². The van der Waals surface area contributed by atoms with E-state index in [4.69, 9.17) is 0 Å². The van der Waals surface area contributed by atoms with E-state index in [2.05, 4.69) is 10.2 Å². The maximum atomic E-state index is 9.74. The molecule has 20 heavy (non-hydrogen) atoms. The molecular weight excluding hydrogens is 252 g/mol. The average Bonchev–Trinajstić information content (AvgIpc) is 2.45. The molecule has 2 aromatic carbocycles. The molecule has 4 heteroatoms. The first-order valence-electron chi connectivity index (χ1n) is 6.25. The molecule has 0 unspecified atom stereocenters. The number of hydrogen-bond acceptors (Lipinski definition) is 4. The Balaban J connectivity index is 2.30. The lowest BCUT2D eigenvalue weighted by Gasteiger charge is -2.03. The zero-order chi connectivity index (χ0) is 14.5. The molecule has 0 aromatic heterocycles. The van der Waals surface area contributed by atoms with Gasteiger partial charge in [0.25, 0.3) is 0 Å². The second-order valence-electron chi connectivity index (χ2n) is 4.41. The van der Waals surface area contributed by atoms with Gasteiger partial charge in [-0.3, -0.25) is 0 Å². The molecular formula is C16H16N2O2. The Kier molecular flexibility index (Phi) is 4.15.